The number of ether oxygens (including phenoxy) is 1. The van der Waals surface area contributed by atoms with E-state index in [1.807, 2.05) is 0 Å². The fraction of sp³-hybridized carbons (Fsp3) is 0.364. The molecule has 7 nitrogen and oxygen atoms in total. The Morgan fingerprint density at radius 3 is 2.89 bits per heavy atom. The van der Waals surface area contributed by atoms with Gasteiger partial charge in [-0.2, -0.15) is 0 Å². The number of amides is 2. The lowest BCUT2D eigenvalue weighted by molar-refractivity contribution is -0.120. The van der Waals surface area contributed by atoms with E-state index in [1.54, 1.807) is 7.11 Å². The minimum Gasteiger partial charge on any atom is -0.397 e. The summed E-state index contributed by atoms with van der Waals surface area (Å²) in [6.45, 7) is 0.726. The molecule has 4 N–H and O–H groups in total. The number of carbonyl (C=O) groups excluding carboxylic acids is 2. The molecular formula is C11H16N4O3. The Morgan fingerprint density at radius 1 is 1.44 bits per heavy atom. The van der Waals surface area contributed by atoms with E-state index < -0.39 is 5.91 Å². The molecule has 0 saturated heterocycles. The molecule has 1 heterocycles. The van der Waals surface area contributed by atoms with Crippen LogP contribution in [0.5, 0.6) is 0 Å². The first-order chi connectivity index (χ1) is 8.65. The van der Waals surface area contributed by atoms with Crippen molar-refractivity contribution in [2.75, 3.05) is 32.5 Å². The third-order valence-electron chi connectivity index (χ3n) is 2.13. The van der Waals surface area contributed by atoms with E-state index in [-0.39, 0.29) is 18.1 Å². The molecular weight excluding hydrogens is 236 g/mol. The highest BCUT2D eigenvalue weighted by Crippen LogP contribution is 2.07. The molecule has 0 atom stereocenters. The van der Waals surface area contributed by atoms with E-state index in [2.05, 4.69) is 15.6 Å². The van der Waals surface area contributed by atoms with Crippen LogP contribution in [0, 0.1) is 0 Å². The summed E-state index contributed by atoms with van der Waals surface area (Å²) >= 11 is 0. The third kappa shape index (κ3) is 4.38. The molecule has 0 aliphatic rings. The normalized spacial score (nSPS) is 9.83. The van der Waals surface area contributed by atoms with Gasteiger partial charge in [-0.25, -0.2) is 0 Å². The lowest BCUT2D eigenvalue weighted by atomic mass is 10.2. The monoisotopic (exact) mass is 252 g/mol. The molecule has 0 unspecified atom stereocenters. The summed E-state index contributed by atoms with van der Waals surface area (Å²) in [5.74, 6) is -0.690. The molecule has 98 valence electrons. The van der Waals surface area contributed by atoms with Crippen LogP contribution in [0.3, 0.4) is 0 Å². The summed E-state index contributed by atoms with van der Waals surface area (Å²) in [5.41, 5.74) is 6.16. The van der Waals surface area contributed by atoms with E-state index in [0.717, 1.165) is 0 Å². The van der Waals surface area contributed by atoms with Gasteiger partial charge in [0.25, 0.3) is 5.91 Å². The van der Waals surface area contributed by atoms with Gasteiger partial charge >= 0.3 is 0 Å². The zero-order chi connectivity index (χ0) is 13.4. The summed E-state index contributed by atoms with van der Waals surface area (Å²) in [7, 11) is 1.54. The first-order valence-corrected chi connectivity index (χ1v) is 5.38. The fourth-order valence-corrected chi connectivity index (χ4v) is 1.22. The molecule has 0 aliphatic carbocycles. The quantitative estimate of drug-likeness (QED) is 0.572. The predicted octanol–water partition coefficient (Wildman–Crippen LogP) is -0.844. The van der Waals surface area contributed by atoms with Gasteiger partial charge in [-0.1, -0.05) is 0 Å². The van der Waals surface area contributed by atoms with Crippen molar-refractivity contribution in [2.24, 2.45) is 0 Å². The molecule has 0 aliphatic heterocycles. The van der Waals surface area contributed by atoms with Crippen LogP contribution in [0.15, 0.2) is 18.5 Å². The number of pyridine rings is 1. The van der Waals surface area contributed by atoms with Crippen molar-refractivity contribution < 1.29 is 14.3 Å². The largest absolute Gasteiger partial charge is 0.397 e. The van der Waals surface area contributed by atoms with Crippen LogP contribution < -0.4 is 16.4 Å². The number of hydrogen-bond acceptors (Lipinski definition) is 5. The van der Waals surface area contributed by atoms with E-state index in [1.165, 1.54) is 18.5 Å². The van der Waals surface area contributed by atoms with Crippen LogP contribution in [0.2, 0.25) is 0 Å². The molecule has 0 bridgehead atoms. The lowest BCUT2D eigenvalue weighted by Gasteiger charge is -2.07. The Bertz CT molecular complexity index is 423. The summed E-state index contributed by atoms with van der Waals surface area (Å²) < 4.78 is 4.78. The predicted molar refractivity (Wildman–Crippen MR) is 65.9 cm³/mol. The SMILES string of the molecule is COCCNC(=O)CNC(=O)c1ccncc1N. The van der Waals surface area contributed by atoms with Crippen molar-refractivity contribution >= 4 is 17.5 Å². The smallest absolute Gasteiger partial charge is 0.253 e. The molecule has 18 heavy (non-hydrogen) atoms. The van der Waals surface area contributed by atoms with Crippen LogP contribution in [0.1, 0.15) is 10.4 Å². The number of hydrogen-bond donors (Lipinski definition) is 3. The highest BCUT2D eigenvalue weighted by atomic mass is 16.5. The Balaban J connectivity index is 2.38. The Labute approximate surface area is 105 Å². The molecule has 0 spiro atoms. The van der Waals surface area contributed by atoms with Crippen molar-refractivity contribution in [3.63, 3.8) is 0 Å². The van der Waals surface area contributed by atoms with Crippen LogP contribution >= 0.6 is 0 Å². The zero-order valence-electron chi connectivity index (χ0n) is 10.1. The van der Waals surface area contributed by atoms with Crippen LogP contribution in [0.4, 0.5) is 5.69 Å². The minimum absolute atomic E-state index is 0.107. The molecule has 1 aromatic heterocycles. The van der Waals surface area contributed by atoms with Gasteiger partial charge in [-0.05, 0) is 6.07 Å². The van der Waals surface area contributed by atoms with Gasteiger partial charge in [-0.3, -0.25) is 14.6 Å². The minimum atomic E-state index is -0.406. The van der Waals surface area contributed by atoms with Gasteiger partial charge in [0.15, 0.2) is 0 Å². The second kappa shape index (κ2) is 7.23. The number of aromatic nitrogens is 1. The standard InChI is InChI=1S/C11H16N4O3/c1-18-5-4-14-10(16)7-15-11(17)8-2-3-13-6-9(8)12/h2-3,6H,4-5,7,12H2,1H3,(H,14,16)(H,15,17). The average Bonchev–Trinajstić information content (AvgIpc) is 2.37. The number of nitrogens with zero attached hydrogens (tertiary/aromatic N) is 1. The summed E-state index contributed by atoms with van der Waals surface area (Å²) in [6, 6.07) is 1.49. The van der Waals surface area contributed by atoms with Crippen molar-refractivity contribution in [1.82, 2.24) is 15.6 Å². The number of nitrogen functional groups attached to an aromatic ring is 1. The maximum Gasteiger partial charge on any atom is 0.253 e. The van der Waals surface area contributed by atoms with Crippen molar-refractivity contribution in [3.05, 3.63) is 24.0 Å². The molecule has 0 radical (unpaired) electrons. The van der Waals surface area contributed by atoms with Gasteiger partial charge in [0.1, 0.15) is 0 Å². The number of methoxy groups -OCH3 is 1. The molecule has 0 fully saturated rings. The first-order valence-electron chi connectivity index (χ1n) is 5.38. The van der Waals surface area contributed by atoms with E-state index in [9.17, 15) is 9.59 Å². The van der Waals surface area contributed by atoms with Crippen molar-refractivity contribution in [1.29, 1.82) is 0 Å². The highest BCUT2D eigenvalue weighted by Gasteiger charge is 2.10. The van der Waals surface area contributed by atoms with E-state index in [4.69, 9.17) is 10.5 Å². The molecule has 0 aromatic carbocycles. The van der Waals surface area contributed by atoms with Crippen LogP contribution in [0.25, 0.3) is 0 Å². The highest BCUT2D eigenvalue weighted by molar-refractivity contribution is 6.00. The number of anilines is 1. The maximum absolute atomic E-state index is 11.7. The third-order valence-corrected chi connectivity index (χ3v) is 2.13. The first kappa shape index (κ1) is 13.9. The van der Waals surface area contributed by atoms with Crippen LogP contribution in [-0.2, 0) is 9.53 Å². The lowest BCUT2D eigenvalue weighted by Crippen LogP contribution is -2.38. The second-order valence-electron chi connectivity index (χ2n) is 3.49. The van der Waals surface area contributed by atoms with Gasteiger partial charge in [0, 0.05) is 19.9 Å². The summed E-state index contributed by atoms with van der Waals surface area (Å²) in [6.07, 6.45) is 2.84. The molecule has 1 aromatic rings. The van der Waals surface area contributed by atoms with E-state index >= 15 is 0 Å². The summed E-state index contributed by atoms with van der Waals surface area (Å²) in [5, 5.41) is 5.05. The second-order valence-corrected chi connectivity index (χ2v) is 3.49. The average molecular weight is 252 g/mol. The molecule has 1 rings (SSSR count). The van der Waals surface area contributed by atoms with Crippen molar-refractivity contribution in [3.8, 4) is 0 Å². The molecule has 0 saturated carbocycles. The number of nitrogens with two attached hydrogens (primary N) is 1. The Kier molecular flexibility index (Phi) is 5.59. The van der Waals surface area contributed by atoms with Crippen LogP contribution in [-0.4, -0.2) is 43.6 Å². The van der Waals surface area contributed by atoms with Crippen molar-refractivity contribution in [2.45, 2.75) is 0 Å². The van der Waals surface area contributed by atoms with Gasteiger partial charge in [-0.15, -0.1) is 0 Å². The van der Waals surface area contributed by atoms with E-state index in [0.29, 0.717) is 18.7 Å². The maximum atomic E-state index is 11.7. The van der Waals surface area contributed by atoms with Gasteiger partial charge < -0.3 is 21.1 Å². The summed E-state index contributed by atoms with van der Waals surface area (Å²) in [4.78, 5) is 26.8. The Hall–Kier alpha value is -2.15. The number of nitrogens with one attached hydrogen (secondary N) is 2. The zero-order valence-corrected chi connectivity index (χ0v) is 10.1. The fourth-order valence-electron chi connectivity index (χ4n) is 1.22. The topological polar surface area (TPSA) is 106 Å². The Morgan fingerprint density at radius 2 is 2.22 bits per heavy atom. The van der Waals surface area contributed by atoms with Gasteiger partial charge in [0.05, 0.1) is 30.6 Å². The number of carbonyl (C=O) groups is 2. The molecule has 7 heteroatoms. The van der Waals surface area contributed by atoms with Gasteiger partial charge in [0.2, 0.25) is 5.91 Å². The molecule has 2 amide bonds. The number of rotatable bonds is 6.